The molecule has 0 aliphatic rings. The van der Waals surface area contributed by atoms with E-state index in [-0.39, 0.29) is 21.2 Å². The van der Waals surface area contributed by atoms with Crippen molar-refractivity contribution in [3.05, 3.63) is 15.9 Å². The molecule has 0 aromatic rings. The average molecular weight is 224 g/mol. The molecule has 2 N–H and O–H groups in total. The van der Waals surface area contributed by atoms with Crippen LogP contribution in [0.4, 0.5) is 0 Å². The Morgan fingerprint density at radius 2 is 2.38 bits per heavy atom. The third-order valence-corrected chi connectivity index (χ3v) is 2.88. The minimum atomic E-state index is 0.0232. The molecular formula is C6H11IN-. The molecule has 0 amide bonds. The van der Waals surface area contributed by atoms with Crippen molar-refractivity contribution >= 4 is 0 Å². The summed E-state index contributed by atoms with van der Waals surface area (Å²) in [4.78, 5) is 0. The van der Waals surface area contributed by atoms with Crippen LogP contribution in [0.2, 0.25) is 0 Å². The molecule has 0 aliphatic heterocycles. The van der Waals surface area contributed by atoms with Crippen LogP contribution in [0.3, 0.4) is 0 Å². The van der Waals surface area contributed by atoms with Crippen molar-refractivity contribution in [3.8, 4) is 0 Å². The van der Waals surface area contributed by atoms with E-state index in [9.17, 15) is 0 Å². The first-order chi connectivity index (χ1) is 3.66. The van der Waals surface area contributed by atoms with Crippen LogP contribution in [-0.4, -0.2) is 4.05 Å². The van der Waals surface area contributed by atoms with Crippen LogP contribution in [0.25, 0.3) is 0 Å². The average Bonchev–Trinajstić information content (AvgIpc) is 1.65. The second-order valence-corrected chi connectivity index (χ2v) is 5.70. The molecule has 48 valence electrons. The second kappa shape index (κ2) is 4.13. The summed E-state index contributed by atoms with van der Waals surface area (Å²) in [6.07, 6.45) is 0. The number of hydrogen-bond acceptors (Lipinski definition) is 1. The van der Waals surface area contributed by atoms with E-state index in [4.69, 9.17) is 5.73 Å². The molecule has 0 spiro atoms. The van der Waals surface area contributed by atoms with Gasteiger partial charge in [0.05, 0.1) is 0 Å². The standard InChI is InChI=1S/C6H11IN/c1-4-5(2)7-6(3)8/h6H,1,8H2,2-3H3/q-1. The molecule has 0 saturated heterocycles. The van der Waals surface area contributed by atoms with Gasteiger partial charge in [0.25, 0.3) is 0 Å². The molecule has 0 rings (SSSR count). The summed E-state index contributed by atoms with van der Waals surface area (Å²) in [5, 5.41) is 0. The van der Waals surface area contributed by atoms with Crippen LogP contribution in [-0.2, 0) is 0 Å². The quantitative estimate of drug-likeness (QED) is 0.251. The van der Waals surface area contributed by atoms with Gasteiger partial charge in [-0.05, 0) is 0 Å². The van der Waals surface area contributed by atoms with Gasteiger partial charge >= 0.3 is 60.7 Å². The number of alkyl halides is 1. The van der Waals surface area contributed by atoms with Gasteiger partial charge in [0.1, 0.15) is 0 Å². The molecule has 0 aliphatic carbocycles. The Morgan fingerprint density at radius 1 is 1.88 bits per heavy atom. The summed E-state index contributed by atoms with van der Waals surface area (Å²) in [5.74, 6) is 0. The monoisotopic (exact) mass is 224 g/mol. The Balaban J connectivity index is 3.56. The summed E-state index contributed by atoms with van der Waals surface area (Å²) < 4.78 is 1.60. The van der Waals surface area contributed by atoms with Gasteiger partial charge < -0.3 is 0 Å². The zero-order valence-corrected chi connectivity index (χ0v) is 7.40. The summed E-state index contributed by atoms with van der Waals surface area (Å²) in [6, 6.07) is 0. The van der Waals surface area contributed by atoms with Gasteiger partial charge in [0.2, 0.25) is 0 Å². The first-order valence-electron chi connectivity index (χ1n) is 2.42. The molecule has 1 nitrogen and oxygen atoms in total. The zero-order chi connectivity index (χ0) is 6.57. The van der Waals surface area contributed by atoms with Gasteiger partial charge in [-0.1, -0.05) is 0 Å². The predicted octanol–water partition coefficient (Wildman–Crippen LogP) is -1.93. The van der Waals surface area contributed by atoms with E-state index in [1.165, 1.54) is 3.58 Å². The van der Waals surface area contributed by atoms with E-state index in [0.29, 0.717) is 4.05 Å². The fourth-order valence-corrected chi connectivity index (χ4v) is 1.99. The van der Waals surface area contributed by atoms with Crippen LogP contribution in [0.15, 0.2) is 15.9 Å². The Morgan fingerprint density at radius 3 is 2.50 bits per heavy atom. The molecule has 0 radical (unpaired) electrons. The van der Waals surface area contributed by atoms with E-state index in [1.807, 2.05) is 13.8 Å². The number of hydrogen-bond donors (Lipinski definition) is 1. The minimum absolute atomic E-state index is 0.0232. The maximum absolute atomic E-state index is 5.53. The van der Waals surface area contributed by atoms with E-state index in [2.05, 4.69) is 12.3 Å². The van der Waals surface area contributed by atoms with Crippen molar-refractivity contribution in [1.29, 1.82) is 0 Å². The predicted molar refractivity (Wildman–Crippen MR) is 32.0 cm³/mol. The van der Waals surface area contributed by atoms with Crippen molar-refractivity contribution in [1.82, 2.24) is 0 Å². The van der Waals surface area contributed by atoms with Gasteiger partial charge in [-0.3, -0.25) is 0 Å². The fourth-order valence-electron chi connectivity index (χ4n) is 0.297. The summed E-state index contributed by atoms with van der Waals surface area (Å²) in [5.41, 5.74) is 8.36. The molecule has 1 atom stereocenters. The first kappa shape index (κ1) is 8.21. The van der Waals surface area contributed by atoms with Crippen molar-refractivity contribution in [3.63, 3.8) is 0 Å². The molecule has 0 bridgehead atoms. The van der Waals surface area contributed by atoms with E-state index < -0.39 is 0 Å². The molecule has 0 aromatic carbocycles. The van der Waals surface area contributed by atoms with Crippen molar-refractivity contribution < 1.29 is 21.2 Å². The normalized spacial score (nSPS) is 12.9. The fraction of sp³-hybridized carbons (Fsp3) is 0.500. The van der Waals surface area contributed by atoms with Crippen molar-refractivity contribution in [2.45, 2.75) is 17.9 Å². The molecule has 0 aromatic heterocycles. The molecule has 1 unspecified atom stereocenters. The van der Waals surface area contributed by atoms with Gasteiger partial charge in [0.15, 0.2) is 0 Å². The molecule has 2 heteroatoms. The first-order valence-corrected chi connectivity index (χ1v) is 4.75. The van der Waals surface area contributed by atoms with Gasteiger partial charge in [0, 0.05) is 0 Å². The number of allylic oxidation sites excluding steroid dienone is 1. The van der Waals surface area contributed by atoms with E-state index in [1.54, 1.807) is 0 Å². The maximum atomic E-state index is 5.53. The van der Waals surface area contributed by atoms with Crippen LogP contribution in [0, 0.1) is 0 Å². The number of halogens is 1. The molecular weight excluding hydrogens is 213 g/mol. The van der Waals surface area contributed by atoms with Gasteiger partial charge in [-0.25, -0.2) is 0 Å². The Bertz CT molecular complexity index is 112. The van der Waals surface area contributed by atoms with Gasteiger partial charge in [-0.15, -0.1) is 0 Å². The topological polar surface area (TPSA) is 26.0 Å². The third-order valence-electron chi connectivity index (χ3n) is 0.579. The van der Waals surface area contributed by atoms with Crippen molar-refractivity contribution in [2.75, 3.05) is 0 Å². The van der Waals surface area contributed by atoms with Crippen LogP contribution < -0.4 is 26.9 Å². The van der Waals surface area contributed by atoms with E-state index in [0.717, 1.165) is 0 Å². The number of nitrogens with two attached hydrogens (primary N) is 1. The Labute approximate surface area is 60.9 Å². The summed E-state index contributed by atoms with van der Waals surface area (Å²) in [6.45, 7) is 7.58. The molecule has 0 saturated carbocycles. The van der Waals surface area contributed by atoms with Crippen molar-refractivity contribution in [2.24, 2.45) is 5.73 Å². The Kier molecular flexibility index (Phi) is 4.23. The summed E-state index contributed by atoms with van der Waals surface area (Å²) >= 11 is 0.0232. The Hall–Kier alpha value is 0.210. The van der Waals surface area contributed by atoms with Gasteiger partial charge in [-0.2, -0.15) is 0 Å². The molecule has 0 fully saturated rings. The zero-order valence-electron chi connectivity index (χ0n) is 5.24. The van der Waals surface area contributed by atoms with Crippen LogP contribution >= 0.6 is 0 Å². The molecule has 8 heavy (non-hydrogen) atoms. The summed E-state index contributed by atoms with van der Waals surface area (Å²) in [7, 11) is 0. The third kappa shape index (κ3) is 4.37. The van der Waals surface area contributed by atoms with Crippen LogP contribution in [0.1, 0.15) is 13.8 Å². The second-order valence-electron chi connectivity index (χ2n) is 1.50. The van der Waals surface area contributed by atoms with E-state index >= 15 is 0 Å². The van der Waals surface area contributed by atoms with Crippen LogP contribution in [0.5, 0.6) is 0 Å². The SMILES string of the molecule is C=C=C(C)[I-]C(C)N. The molecule has 0 heterocycles. The number of rotatable bonds is 2.